The first-order valence-electron chi connectivity index (χ1n) is 8.96. The van der Waals surface area contributed by atoms with Crippen molar-refractivity contribution in [1.82, 2.24) is 10.6 Å². The lowest BCUT2D eigenvalue weighted by Gasteiger charge is -2.16. The fourth-order valence-corrected chi connectivity index (χ4v) is 3.67. The second-order valence-corrected chi connectivity index (χ2v) is 7.07. The highest BCUT2D eigenvalue weighted by Gasteiger charge is 2.15. The van der Waals surface area contributed by atoms with Crippen LogP contribution >= 0.6 is 35.3 Å². The van der Waals surface area contributed by atoms with E-state index in [2.05, 4.69) is 34.7 Å². The van der Waals surface area contributed by atoms with Gasteiger partial charge in [-0.3, -0.25) is 4.99 Å². The van der Waals surface area contributed by atoms with Gasteiger partial charge in [0.05, 0.1) is 27.9 Å². The molecule has 2 aromatic rings. The summed E-state index contributed by atoms with van der Waals surface area (Å²) in [4.78, 5) is 6.99. The van der Waals surface area contributed by atoms with Gasteiger partial charge in [0.25, 0.3) is 0 Å². The highest BCUT2D eigenvalue weighted by atomic mass is 127. The van der Waals surface area contributed by atoms with Crippen LogP contribution in [0.5, 0.6) is 17.2 Å². The second-order valence-electron chi connectivity index (χ2n) is 5.82. The molecule has 1 heterocycles. The molecule has 0 aliphatic rings. The molecule has 0 spiro atoms. The standard InChI is InChI=1S/C20H29N3O3S.HI/c1-6-15-8-9-16(27-15)13-23-20(21-2)22-12-11-14-7-10-17(24-3)19(26-5)18(14)25-4;/h7-10H,6,11-13H2,1-5H3,(H2,21,22,23);1H. The minimum Gasteiger partial charge on any atom is -0.493 e. The van der Waals surface area contributed by atoms with E-state index in [1.165, 1.54) is 9.75 Å². The SMILES string of the molecule is CCc1ccc(CNC(=NC)NCCc2ccc(OC)c(OC)c2OC)s1.I. The molecule has 0 bridgehead atoms. The Morgan fingerprint density at radius 3 is 2.25 bits per heavy atom. The smallest absolute Gasteiger partial charge is 0.203 e. The van der Waals surface area contributed by atoms with E-state index in [0.29, 0.717) is 17.2 Å². The minimum atomic E-state index is 0. The van der Waals surface area contributed by atoms with Crippen molar-refractivity contribution in [3.05, 3.63) is 39.6 Å². The summed E-state index contributed by atoms with van der Waals surface area (Å²) in [6.07, 6.45) is 1.84. The lowest BCUT2D eigenvalue weighted by molar-refractivity contribution is 0.322. The summed E-state index contributed by atoms with van der Waals surface area (Å²) in [7, 11) is 6.65. The molecule has 0 aliphatic heterocycles. The van der Waals surface area contributed by atoms with E-state index in [0.717, 1.165) is 37.5 Å². The molecule has 0 amide bonds. The highest BCUT2D eigenvalue weighted by Crippen LogP contribution is 2.39. The normalized spacial score (nSPS) is 10.8. The van der Waals surface area contributed by atoms with Crippen LogP contribution in [0.4, 0.5) is 0 Å². The van der Waals surface area contributed by atoms with Crippen LogP contribution < -0.4 is 24.8 Å². The predicted octanol–water partition coefficient (Wildman–Crippen LogP) is 3.86. The van der Waals surface area contributed by atoms with Crippen molar-refractivity contribution in [3.63, 3.8) is 0 Å². The van der Waals surface area contributed by atoms with Crippen molar-refractivity contribution in [2.45, 2.75) is 26.3 Å². The first-order chi connectivity index (χ1) is 13.2. The van der Waals surface area contributed by atoms with Gasteiger partial charge >= 0.3 is 0 Å². The second kappa shape index (κ2) is 12.7. The Kier molecular flexibility index (Phi) is 11.1. The van der Waals surface area contributed by atoms with Gasteiger partial charge < -0.3 is 24.8 Å². The topological polar surface area (TPSA) is 64.1 Å². The Morgan fingerprint density at radius 1 is 0.964 bits per heavy atom. The number of methoxy groups -OCH3 is 3. The van der Waals surface area contributed by atoms with E-state index >= 15 is 0 Å². The number of guanidine groups is 1. The van der Waals surface area contributed by atoms with Crippen LogP contribution in [0.3, 0.4) is 0 Å². The molecule has 2 N–H and O–H groups in total. The average molecular weight is 519 g/mol. The van der Waals surface area contributed by atoms with Crippen molar-refractivity contribution in [2.75, 3.05) is 34.9 Å². The zero-order valence-electron chi connectivity index (χ0n) is 17.1. The van der Waals surface area contributed by atoms with Crippen LogP contribution in [-0.2, 0) is 19.4 Å². The number of benzene rings is 1. The van der Waals surface area contributed by atoms with Gasteiger partial charge in [-0.2, -0.15) is 0 Å². The molecule has 0 aliphatic carbocycles. The first kappa shape index (κ1) is 24.4. The van der Waals surface area contributed by atoms with Crippen LogP contribution in [0, 0.1) is 0 Å². The van der Waals surface area contributed by atoms with Crippen LogP contribution in [0.15, 0.2) is 29.3 Å². The molecule has 6 nitrogen and oxygen atoms in total. The molecule has 1 aromatic carbocycles. The number of aryl methyl sites for hydroxylation is 1. The van der Waals surface area contributed by atoms with E-state index in [4.69, 9.17) is 14.2 Å². The number of rotatable bonds is 9. The molecule has 28 heavy (non-hydrogen) atoms. The molecule has 0 saturated heterocycles. The van der Waals surface area contributed by atoms with Gasteiger partial charge in [-0.1, -0.05) is 13.0 Å². The van der Waals surface area contributed by atoms with Crippen LogP contribution in [0.1, 0.15) is 22.2 Å². The van der Waals surface area contributed by atoms with E-state index in [9.17, 15) is 0 Å². The van der Waals surface area contributed by atoms with Crippen molar-refractivity contribution >= 4 is 41.3 Å². The molecule has 156 valence electrons. The largest absolute Gasteiger partial charge is 0.493 e. The maximum absolute atomic E-state index is 5.53. The van der Waals surface area contributed by atoms with Crippen molar-refractivity contribution in [3.8, 4) is 17.2 Å². The molecule has 0 saturated carbocycles. The lowest BCUT2D eigenvalue weighted by atomic mass is 10.1. The maximum Gasteiger partial charge on any atom is 0.203 e. The Hall–Kier alpha value is -1.68. The zero-order chi connectivity index (χ0) is 19.6. The van der Waals surface area contributed by atoms with Crippen molar-refractivity contribution in [2.24, 2.45) is 4.99 Å². The molecule has 1 aromatic heterocycles. The van der Waals surface area contributed by atoms with Gasteiger partial charge in [-0.05, 0) is 31.0 Å². The Balaban J connectivity index is 0.00000392. The Morgan fingerprint density at radius 2 is 1.68 bits per heavy atom. The summed E-state index contributed by atoms with van der Waals surface area (Å²) < 4.78 is 16.3. The van der Waals surface area contributed by atoms with Crippen LogP contribution in [0.2, 0.25) is 0 Å². The molecular weight excluding hydrogens is 489 g/mol. The predicted molar refractivity (Wildman–Crippen MR) is 127 cm³/mol. The minimum absolute atomic E-state index is 0. The summed E-state index contributed by atoms with van der Waals surface area (Å²) in [6, 6.07) is 8.24. The quantitative estimate of drug-likeness (QED) is 0.299. The van der Waals surface area contributed by atoms with Crippen molar-refractivity contribution < 1.29 is 14.2 Å². The molecule has 0 radical (unpaired) electrons. The number of nitrogens with zero attached hydrogens (tertiary/aromatic N) is 1. The molecular formula is C20H30IN3O3S. The van der Waals surface area contributed by atoms with Crippen LogP contribution in [-0.4, -0.2) is 40.9 Å². The molecule has 0 fully saturated rings. The number of halogens is 1. The van der Waals surface area contributed by atoms with Gasteiger partial charge in [-0.25, -0.2) is 0 Å². The lowest BCUT2D eigenvalue weighted by Crippen LogP contribution is -2.37. The number of nitrogens with one attached hydrogen (secondary N) is 2. The zero-order valence-corrected chi connectivity index (χ0v) is 20.3. The van der Waals surface area contributed by atoms with Gasteiger partial charge in [0.1, 0.15) is 0 Å². The summed E-state index contributed by atoms with van der Waals surface area (Å²) in [5.41, 5.74) is 1.05. The molecule has 2 rings (SSSR count). The van der Waals surface area contributed by atoms with Gasteiger partial charge in [0.2, 0.25) is 5.75 Å². The number of hydrogen-bond donors (Lipinski definition) is 2. The van der Waals surface area contributed by atoms with E-state index in [-0.39, 0.29) is 24.0 Å². The third-order valence-corrected chi connectivity index (χ3v) is 5.42. The average Bonchev–Trinajstić information content (AvgIpc) is 3.17. The summed E-state index contributed by atoms with van der Waals surface area (Å²) in [5.74, 6) is 2.75. The number of thiophene rings is 1. The molecule has 0 atom stereocenters. The molecule has 0 unspecified atom stereocenters. The van der Waals surface area contributed by atoms with Gasteiger partial charge in [0, 0.05) is 28.9 Å². The van der Waals surface area contributed by atoms with Crippen LogP contribution in [0.25, 0.3) is 0 Å². The third kappa shape index (κ3) is 6.44. The highest BCUT2D eigenvalue weighted by molar-refractivity contribution is 14.0. The third-order valence-electron chi connectivity index (χ3n) is 4.19. The maximum atomic E-state index is 5.53. The number of aliphatic imine (C=N–C) groups is 1. The van der Waals surface area contributed by atoms with Crippen molar-refractivity contribution in [1.29, 1.82) is 0 Å². The van der Waals surface area contributed by atoms with Gasteiger partial charge in [-0.15, -0.1) is 35.3 Å². The fraction of sp³-hybridized carbons (Fsp3) is 0.450. The van der Waals surface area contributed by atoms with E-state index < -0.39 is 0 Å². The molecule has 8 heteroatoms. The van der Waals surface area contributed by atoms with Gasteiger partial charge in [0.15, 0.2) is 17.5 Å². The Labute approximate surface area is 188 Å². The monoisotopic (exact) mass is 519 g/mol. The fourth-order valence-electron chi connectivity index (χ4n) is 2.77. The summed E-state index contributed by atoms with van der Waals surface area (Å²) >= 11 is 1.83. The Bertz CT molecular complexity index is 765. The summed E-state index contributed by atoms with van der Waals surface area (Å²) in [6.45, 7) is 3.66. The number of hydrogen-bond acceptors (Lipinski definition) is 5. The summed E-state index contributed by atoms with van der Waals surface area (Å²) in [5, 5.41) is 6.69. The van der Waals surface area contributed by atoms with E-state index in [1.54, 1.807) is 28.4 Å². The van der Waals surface area contributed by atoms with E-state index in [1.807, 2.05) is 23.5 Å². The first-order valence-corrected chi connectivity index (χ1v) is 9.78. The number of ether oxygens (including phenoxy) is 3.